The van der Waals surface area contributed by atoms with Gasteiger partial charge in [0.05, 0.1) is 70.6 Å². The topological polar surface area (TPSA) is 505 Å². The van der Waals surface area contributed by atoms with Gasteiger partial charge in [-0.05, 0) is 150 Å². The number of hydrogen-bond acceptors (Lipinski definition) is 23. The second kappa shape index (κ2) is 33.8. The van der Waals surface area contributed by atoms with Crippen molar-refractivity contribution in [2.45, 2.75) is 85.9 Å². The first-order valence-corrected chi connectivity index (χ1v) is 39.4. The van der Waals surface area contributed by atoms with E-state index in [0.717, 1.165) is 82.5 Å². The van der Waals surface area contributed by atoms with Crippen LogP contribution in [0.1, 0.15) is 145 Å². The Labute approximate surface area is 720 Å². The molecule has 17 amide bonds. The van der Waals surface area contributed by atoms with Gasteiger partial charge in [0.25, 0.3) is 58.9 Å². The Hall–Kier alpha value is -17.0. The first-order chi connectivity index (χ1) is 61.1. The second-order valence-corrected chi connectivity index (χ2v) is 30.8. The third-order valence-corrected chi connectivity index (χ3v) is 22.4. The summed E-state index contributed by atoms with van der Waals surface area (Å²) < 4.78 is 20.8. The fourth-order valence-corrected chi connectivity index (χ4v) is 15.5. The number of hydrogen-bond donors (Lipinski definition) is 10. The number of fused-ring (bicyclic) bond motifs is 5. The van der Waals surface area contributed by atoms with E-state index < -0.39 is 86.4 Å². The van der Waals surface area contributed by atoms with Crippen molar-refractivity contribution < 1.29 is 86.2 Å². The third-order valence-electron chi connectivity index (χ3n) is 22.4. The maximum absolute atomic E-state index is 13.0. The molecule has 0 bridgehead atoms. The molecule has 127 heavy (non-hydrogen) atoms. The third kappa shape index (κ3) is 16.9. The molecule has 5 aromatic carbocycles. The molecule has 11 N–H and O–H groups in total. The van der Waals surface area contributed by atoms with Gasteiger partial charge in [-0.25, -0.2) is 29.1 Å². The van der Waals surface area contributed by atoms with Crippen LogP contribution in [0, 0.1) is 57.5 Å². The van der Waals surface area contributed by atoms with Crippen LogP contribution in [0.5, 0.6) is 23.0 Å². The standard InChI is InChI=1S/2C23H20N4O4.C22H17N5O7.C21H16N6O4/c1-31-17-5-4-16-12-27(20(28)19(16)10-17)13-23(21(29)25-22(30)26-23)8-6-15-11-24-9-7-18(15)14-2-3-14;1-31-17-7-6-16-12-27(20(28)18(16)11-17)13-23(21(29)25-22(30)26-23)9-8-14-3-2-10-24-19(14)15-4-5-15;1-34-14-4-3-13-10-26(19(29)16(13)9-14)11-22(20(30)24-21(31)25-22)7-6-12-2-5-15(18(23)28)17(8-12)27(32)33;1-31-13-3-2-12-9-27(18(28)15(12)8-13)10-21(19(29)25-20(30)26-21)6-4-16-14-5-7-22-17(14)24-11-23-16/h4-5,7,9-11,14H,2-3,12-13H2,1H3,(H2,25,26,29,30);2-3,6-7,10-11,15H,4-5,12-13H2,1H3,(H2,25,26,29,30);2-5,8-9H,10-11H2,1H3,(H2,23,28)(H2,24,25,30,31);2-3,5,7-8,11H,9-10H2,1H3,(H,22,23,24)(H2,25,26,29,30)/t2*23-;22-;21-/m1111/s1. The Kier molecular flexibility index (Phi) is 22.2. The van der Waals surface area contributed by atoms with Gasteiger partial charge in [-0.15, -0.1) is 0 Å². The largest absolute Gasteiger partial charge is 0.497 e. The molecule has 8 aliphatic heterocycles. The van der Waals surface area contributed by atoms with E-state index in [1.165, 1.54) is 60.4 Å². The minimum Gasteiger partial charge on any atom is -0.497 e. The number of carbonyl (C=O) groups is 13. The minimum absolute atomic E-state index is 0.0631. The summed E-state index contributed by atoms with van der Waals surface area (Å²) in [4.78, 5) is 198. The average Bonchev–Trinajstić information content (AvgIpc) is 1.63. The fourth-order valence-electron chi connectivity index (χ4n) is 15.5. The first kappa shape index (κ1) is 83.6. The highest BCUT2D eigenvalue weighted by atomic mass is 16.6. The quantitative estimate of drug-likeness (QED) is 0.0283. The first-order valence-electron chi connectivity index (χ1n) is 39.4. The Balaban J connectivity index is 0.000000125. The van der Waals surface area contributed by atoms with Crippen molar-refractivity contribution in [1.82, 2.24) is 87.1 Å². The smallest absolute Gasteiger partial charge is 0.323 e. The van der Waals surface area contributed by atoms with Crippen LogP contribution in [0.15, 0.2) is 146 Å². The summed E-state index contributed by atoms with van der Waals surface area (Å²) in [6, 6.07) is 29.0. The summed E-state index contributed by atoms with van der Waals surface area (Å²) in [5, 5.41) is 31.1. The fraction of sp³-hybridized carbons (Fsp3) is 0.247. The summed E-state index contributed by atoms with van der Waals surface area (Å²) >= 11 is 0. The lowest BCUT2D eigenvalue weighted by Crippen LogP contribution is -2.54. The zero-order chi connectivity index (χ0) is 89.4. The molecule has 2 saturated carbocycles. The number of nitrogens with zero attached hydrogens (tertiary/aromatic N) is 9. The molecule has 4 aromatic heterocycles. The highest BCUT2D eigenvalue weighted by Crippen LogP contribution is 2.43. The SMILES string of the molecule is COc1ccc2c(c1)C(=O)N(C[C@@]1(C#Cc3ccc(C(N)=O)c([N+](=O)[O-])c3)NC(=O)NC1=O)C2.COc1ccc2c(c1)C(=O)N(C[C@@]1(C#Cc3cccnc3C3CC3)NC(=O)NC1=O)C2.COc1ccc2c(c1)C(=O)N(C[C@@]1(C#Cc3cnccc3C3CC3)NC(=O)NC1=O)C2.COc1ccc2c(c1)C(=O)N(C[C@@]1(C#Cc3ncnc4[nH]ccc34)NC(=O)NC1=O)C2. The van der Waals surface area contributed by atoms with Gasteiger partial charge in [-0.2, -0.15) is 0 Å². The number of aromatic amines is 1. The van der Waals surface area contributed by atoms with Gasteiger partial charge in [-0.1, -0.05) is 65.7 Å². The van der Waals surface area contributed by atoms with E-state index >= 15 is 0 Å². The zero-order valence-electron chi connectivity index (χ0n) is 67.9. The maximum atomic E-state index is 13.0. The summed E-state index contributed by atoms with van der Waals surface area (Å²) in [5.41, 5.74) is 7.59. The molecule has 19 rings (SSSR count). The van der Waals surface area contributed by atoms with E-state index in [4.69, 9.17) is 24.7 Å². The number of ether oxygens (including phenoxy) is 4. The molecule has 38 nitrogen and oxygen atoms in total. The van der Waals surface area contributed by atoms with E-state index in [2.05, 4.69) is 115 Å². The number of nitrogens with one attached hydrogen (secondary N) is 9. The molecule has 0 unspecified atom stereocenters. The van der Waals surface area contributed by atoms with Gasteiger partial charge >= 0.3 is 24.1 Å². The number of pyridine rings is 2. The molecular formula is C89H73N19O19. The Morgan fingerprint density at radius 3 is 1.28 bits per heavy atom. The van der Waals surface area contributed by atoms with Gasteiger partial charge in [0.2, 0.25) is 22.2 Å². The van der Waals surface area contributed by atoms with Crippen molar-refractivity contribution in [3.63, 3.8) is 0 Å². The van der Waals surface area contributed by atoms with Crippen LogP contribution in [-0.4, -0.2) is 204 Å². The number of aromatic nitrogens is 5. The lowest BCUT2D eigenvalue weighted by atomic mass is 9.98. The van der Waals surface area contributed by atoms with E-state index in [-0.39, 0.29) is 67.5 Å². The van der Waals surface area contributed by atoms with Crippen LogP contribution in [0.25, 0.3) is 11.0 Å². The molecule has 6 fully saturated rings. The number of nitrogens with two attached hydrogens (primary N) is 1. The minimum atomic E-state index is -1.80. The zero-order valence-corrected chi connectivity index (χ0v) is 67.9. The van der Waals surface area contributed by atoms with Crippen LogP contribution in [0.4, 0.5) is 24.9 Å². The Bertz CT molecular complexity index is 6390. The Morgan fingerprint density at radius 1 is 0.480 bits per heavy atom. The number of methoxy groups -OCH3 is 4. The van der Waals surface area contributed by atoms with E-state index in [1.807, 2.05) is 24.3 Å². The summed E-state index contributed by atoms with van der Waals surface area (Å²) in [5.74, 6) is 21.5. The van der Waals surface area contributed by atoms with Crippen molar-refractivity contribution in [2.75, 3.05) is 54.6 Å². The maximum Gasteiger partial charge on any atom is 0.323 e. The van der Waals surface area contributed by atoms with Crippen molar-refractivity contribution in [2.24, 2.45) is 5.73 Å². The Morgan fingerprint density at radius 2 is 0.890 bits per heavy atom. The average molecular weight is 1710 g/mol. The van der Waals surface area contributed by atoms with Gasteiger partial charge in [0.1, 0.15) is 46.2 Å². The number of benzene rings is 5. The number of primary amides is 1. The summed E-state index contributed by atoms with van der Waals surface area (Å²) in [6.07, 6.45) is 12.5. The van der Waals surface area contributed by atoms with Crippen LogP contribution >= 0.6 is 0 Å². The number of H-pyrrole nitrogens is 1. The number of nitro groups is 1. The normalized spacial score (nSPS) is 20.4. The molecule has 10 aliphatic rings. The molecule has 12 heterocycles. The molecule has 4 saturated heterocycles. The molecule has 9 aromatic rings. The van der Waals surface area contributed by atoms with Crippen molar-refractivity contribution in [3.05, 3.63) is 240 Å². The van der Waals surface area contributed by atoms with Crippen LogP contribution in [-0.2, 0) is 45.4 Å². The number of imide groups is 4. The molecule has 638 valence electrons. The van der Waals surface area contributed by atoms with Crippen LogP contribution < -0.4 is 67.2 Å². The summed E-state index contributed by atoms with van der Waals surface area (Å²) in [7, 11) is 6.07. The highest BCUT2D eigenvalue weighted by molar-refractivity contribution is 6.13. The van der Waals surface area contributed by atoms with Crippen LogP contribution in [0.2, 0.25) is 0 Å². The van der Waals surface area contributed by atoms with Crippen LogP contribution in [0.3, 0.4) is 0 Å². The van der Waals surface area contributed by atoms with E-state index in [1.54, 1.807) is 97.6 Å². The molecular weight excluding hydrogens is 1640 g/mol. The van der Waals surface area contributed by atoms with E-state index in [9.17, 15) is 72.4 Å². The highest BCUT2D eigenvalue weighted by Gasteiger charge is 2.53. The predicted molar refractivity (Wildman–Crippen MR) is 444 cm³/mol. The number of amides is 17. The lowest BCUT2D eigenvalue weighted by molar-refractivity contribution is -0.385. The van der Waals surface area contributed by atoms with Gasteiger partial charge < -0.3 is 70.5 Å². The van der Waals surface area contributed by atoms with Crippen molar-refractivity contribution in [3.8, 4) is 70.4 Å². The number of rotatable bonds is 16. The van der Waals surface area contributed by atoms with Gasteiger partial charge in [-0.3, -0.25) is 84.5 Å². The van der Waals surface area contributed by atoms with Gasteiger partial charge in [0.15, 0.2) is 0 Å². The number of urea groups is 4. The number of nitro benzene ring substituents is 1. The molecule has 0 radical (unpaired) electrons. The number of carbonyl (C=O) groups excluding carboxylic acids is 13. The molecule has 4 atom stereocenters. The predicted octanol–water partition coefficient (Wildman–Crippen LogP) is 3.95. The van der Waals surface area contributed by atoms with Gasteiger partial charge in [0, 0.05) is 102 Å². The second-order valence-electron chi connectivity index (χ2n) is 30.8. The monoisotopic (exact) mass is 1710 g/mol. The molecule has 0 spiro atoms. The molecule has 2 aliphatic carbocycles. The summed E-state index contributed by atoms with van der Waals surface area (Å²) in [6.45, 7) is 0.613. The van der Waals surface area contributed by atoms with Crippen molar-refractivity contribution >= 4 is 94.0 Å². The molecule has 38 heteroatoms. The lowest BCUT2D eigenvalue weighted by Gasteiger charge is -2.26. The van der Waals surface area contributed by atoms with E-state index in [0.29, 0.717) is 93.4 Å². The van der Waals surface area contributed by atoms with Crippen molar-refractivity contribution in [1.29, 1.82) is 0 Å².